The van der Waals surface area contributed by atoms with Crippen molar-refractivity contribution in [3.05, 3.63) is 29.8 Å². The number of hydrogen-bond acceptors (Lipinski definition) is 2. The zero-order valence-corrected chi connectivity index (χ0v) is 10.3. The number of alkyl halides is 1. The first kappa shape index (κ1) is 11.7. The van der Waals surface area contributed by atoms with E-state index in [0.717, 1.165) is 31.8 Å². The monoisotopic (exact) mass is 239 g/mol. The van der Waals surface area contributed by atoms with Gasteiger partial charge >= 0.3 is 0 Å². The van der Waals surface area contributed by atoms with E-state index in [1.165, 1.54) is 5.56 Å². The number of benzene rings is 1. The molecule has 3 heteroatoms. The van der Waals surface area contributed by atoms with Crippen molar-refractivity contribution in [3.8, 4) is 5.75 Å². The minimum absolute atomic E-state index is 0.329. The van der Waals surface area contributed by atoms with Crippen LogP contribution in [0.4, 0.5) is 0 Å². The third-order valence-electron chi connectivity index (χ3n) is 3.14. The van der Waals surface area contributed by atoms with E-state index >= 15 is 0 Å². The van der Waals surface area contributed by atoms with Gasteiger partial charge in [0.1, 0.15) is 5.75 Å². The summed E-state index contributed by atoms with van der Waals surface area (Å²) in [7, 11) is 2.13. The fraction of sp³-hybridized carbons (Fsp3) is 0.538. The van der Waals surface area contributed by atoms with Gasteiger partial charge in [-0.2, -0.15) is 0 Å². The number of halogens is 1. The molecule has 1 N–H and O–H groups in total. The van der Waals surface area contributed by atoms with Gasteiger partial charge in [0.05, 0.1) is 0 Å². The summed E-state index contributed by atoms with van der Waals surface area (Å²) < 4.78 is 0. The van der Waals surface area contributed by atoms with Gasteiger partial charge in [-0.3, -0.25) is 0 Å². The number of phenolic OH excluding ortho intramolecular Hbond substituents is 1. The Morgan fingerprint density at radius 1 is 1.31 bits per heavy atom. The van der Waals surface area contributed by atoms with Gasteiger partial charge in [0.2, 0.25) is 0 Å². The van der Waals surface area contributed by atoms with Crippen molar-refractivity contribution in [2.45, 2.75) is 24.8 Å². The highest BCUT2D eigenvalue weighted by Gasteiger charge is 2.27. The van der Waals surface area contributed by atoms with Gasteiger partial charge in [0.25, 0.3) is 0 Å². The van der Waals surface area contributed by atoms with Crippen LogP contribution in [-0.2, 0) is 6.54 Å². The van der Waals surface area contributed by atoms with Crippen LogP contribution in [-0.4, -0.2) is 29.0 Å². The molecule has 0 saturated heterocycles. The Bertz CT molecular complexity index is 332. The molecule has 0 atom stereocenters. The fourth-order valence-electron chi connectivity index (χ4n) is 2.22. The predicted octanol–water partition coefficient (Wildman–Crippen LogP) is 2.84. The molecule has 1 aliphatic rings. The molecule has 0 heterocycles. The van der Waals surface area contributed by atoms with E-state index in [4.69, 9.17) is 11.6 Å². The minimum atomic E-state index is 0.329. The normalized spacial score (nSPS) is 24.4. The van der Waals surface area contributed by atoms with E-state index < -0.39 is 0 Å². The van der Waals surface area contributed by atoms with Gasteiger partial charge in [0, 0.05) is 18.5 Å². The quantitative estimate of drug-likeness (QED) is 0.817. The molecule has 2 rings (SSSR count). The molecule has 0 aromatic heterocycles. The Kier molecular flexibility index (Phi) is 3.72. The van der Waals surface area contributed by atoms with Gasteiger partial charge in [-0.25, -0.2) is 0 Å². The second-order valence-electron chi connectivity index (χ2n) is 4.80. The molecule has 0 bridgehead atoms. The van der Waals surface area contributed by atoms with Crippen molar-refractivity contribution in [1.29, 1.82) is 0 Å². The summed E-state index contributed by atoms with van der Waals surface area (Å²) in [6, 6.07) is 7.41. The zero-order chi connectivity index (χ0) is 11.5. The lowest BCUT2D eigenvalue weighted by Crippen LogP contribution is -2.34. The number of phenols is 1. The van der Waals surface area contributed by atoms with Crippen molar-refractivity contribution in [2.24, 2.45) is 5.92 Å². The first-order chi connectivity index (χ1) is 7.63. The molecule has 0 unspecified atom stereocenters. The van der Waals surface area contributed by atoms with E-state index in [1.54, 1.807) is 12.1 Å². The van der Waals surface area contributed by atoms with Crippen molar-refractivity contribution in [3.63, 3.8) is 0 Å². The summed E-state index contributed by atoms with van der Waals surface area (Å²) >= 11 is 5.96. The largest absolute Gasteiger partial charge is 0.508 e. The average molecular weight is 240 g/mol. The van der Waals surface area contributed by atoms with E-state index in [9.17, 15) is 5.11 Å². The number of rotatable bonds is 4. The van der Waals surface area contributed by atoms with Gasteiger partial charge in [-0.1, -0.05) is 12.1 Å². The molecule has 0 radical (unpaired) electrons. The Labute approximate surface area is 102 Å². The number of nitrogens with zero attached hydrogens (tertiary/aromatic N) is 1. The molecular formula is C13H18ClNO. The molecule has 2 nitrogen and oxygen atoms in total. The lowest BCUT2D eigenvalue weighted by Gasteiger charge is -2.34. The molecule has 0 aliphatic heterocycles. The summed E-state index contributed by atoms with van der Waals surface area (Å²) in [5.74, 6) is 1.10. The summed E-state index contributed by atoms with van der Waals surface area (Å²) in [6.07, 6.45) is 2.31. The first-order valence-electron chi connectivity index (χ1n) is 5.74. The van der Waals surface area contributed by atoms with Crippen LogP contribution >= 0.6 is 11.6 Å². The molecule has 88 valence electrons. The van der Waals surface area contributed by atoms with Crippen LogP contribution in [0.5, 0.6) is 5.75 Å². The van der Waals surface area contributed by atoms with Crippen LogP contribution in [0.3, 0.4) is 0 Å². The maximum atomic E-state index is 9.18. The van der Waals surface area contributed by atoms with E-state index in [-0.39, 0.29) is 0 Å². The van der Waals surface area contributed by atoms with Gasteiger partial charge in [-0.15, -0.1) is 11.6 Å². The lowest BCUT2D eigenvalue weighted by molar-refractivity contribution is 0.204. The summed E-state index contributed by atoms with van der Waals surface area (Å²) in [5, 5.41) is 9.59. The second kappa shape index (κ2) is 5.07. The maximum absolute atomic E-state index is 9.18. The SMILES string of the molecule is CN(Cc1ccc(O)cc1)CC1CC(Cl)C1. The van der Waals surface area contributed by atoms with Gasteiger partial charge in [0.15, 0.2) is 0 Å². The molecule has 1 saturated carbocycles. The Morgan fingerprint density at radius 2 is 1.94 bits per heavy atom. The molecule has 1 fully saturated rings. The number of hydrogen-bond donors (Lipinski definition) is 1. The van der Waals surface area contributed by atoms with E-state index in [2.05, 4.69) is 11.9 Å². The molecule has 0 spiro atoms. The Hall–Kier alpha value is -0.730. The van der Waals surface area contributed by atoms with Gasteiger partial charge in [-0.05, 0) is 43.5 Å². The summed E-state index contributed by atoms with van der Waals surface area (Å²) in [4.78, 5) is 2.32. The molecule has 1 aromatic carbocycles. The highest BCUT2D eigenvalue weighted by Crippen LogP contribution is 2.32. The third-order valence-corrected chi connectivity index (χ3v) is 3.49. The molecule has 16 heavy (non-hydrogen) atoms. The minimum Gasteiger partial charge on any atom is -0.508 e. The van der Waals surface area contributed by atoms with Gasteiger partial charge < -0.3 is 10.0 Å². The fourth-order valence-corrected chi connectivity index (χ4v) is 2.73. The van der Waals surface area contributed by atoms with Crippen LogP contribution in [0.1, 0.15) is 18.4 Å². The molecule has 0 amide bonds. The smallest absolute Gasteiger partial charge is 0.115 e. The van der Waals surface area contributed by atoms with Crippen LogP contribution in [0.2, 0.25) is 0 Å². The summed E-state index contributed by atoms with van der Waals surface area (Å²) in [6.45, 7) is 2.05. The lowest BCUT2D eigenvalue weighted by atomic mass is 9.84. The van der Waals surface area contributed by atoms with Crippen molar-refractivity contribution in [1.82, 2.24) is 4.90 Å². The second-order valence-corrected chi connectivity index (χ2v) is 5.42. The van der Waals surface area contributed by atoms with Crippen LogP contribution in [0, 0.1) is 5.92 Å². The number of aromatic hydroxyl groups is 1. The standard InChI is InChI=1S/C13H18ClNO/c1-15(9-11-6-12(14)7-11)8-10-2-4-13(16)5-3-10/h2-5,11-12,16H,6-9H2,1H3. The predicted molar refractivity (Wildman–Crippen MR) is 66.8 cm³/mol. The Morgan fingerprint density at radius 3 is 2.50 bits per heavy atom. The highest BCUT2D eigenvalue weighted by molar-refractivity contribution is 6.21. The highest BCUT2D eigenvalue weighted by atomic mass is 35.5. The molecule has 1 aromatic rings. The summed E-state index contributed by atoms with van der Waals surface area (Å²) in [5.41, 5.74) is 1.24. The third kappa shape index (κ3) is 3.13. The van der Waals surface area contributed by atoms with E-state index in [0.29, 0.717) is 11.1 Å². The first-order valence-corrected chi connectivity index (χ1v) is 6.17. The van der Waals surface area contributed by atoms with Crippen LogP contribution < -0.4 is 0 Å². The zero-order valence-electron chi connectivity index (χ0n) is 9.56. The Balaban J connectivity index is 1.78. The topological polar surface area (TPSA) is 23.5 Å². The van der Waals surface area contributed by atoms with Crippen molar-refractivity contribution in [2.75, 3.05) is 13.6 Å². The maximum Gasteiger partial charge on any atom is 0.115 e. The van der Waals surface area contributed by atoms with Crippen LogP contribution in [0.15, 0.2) is 24.3 Å². The van der Waals surface area contributed by atoms with E-state index in [1.807, 2.05) is 12.1 Å². The molecule has 1 aliphatic carbocycles. The van der Waals surface area contributed by atoms with Crippen molar-refractivity contribution < 1.29 is 5.11 Å². The average Bonchev–Trinajstić information content (AvgIpc) is 2.19. The van der Waals surface area contributed by atoms with Crippen LogP contribution in [0.25, 0.3) is 0 Å². The van der Waals surface area contributed by atoms with Crippen molar-refractivity contribution >= 4 is 11.6 Å². The molecular weight excluding hydrogens is 222 g/mol.